The third-order valence-corrected chi connectivity index (χ3v) is 5.67. The van der Waals surface area contributed by atoms with Crippen molar-refractivity contribution in [2.24, 2.45) is 0 Å². The molecule has 1 atom stereocenters. The van der Waals surface area contributed by atoms with E-state index >= 15 is 0 Å². The van der Waals surface area contributed by atoms with Crippen LogP contribution >= 0.6 is 0 Å². The van der Waals surface area contributed by atoms with Crippen molar-refractivity contribution in [2.45, 2.75) is 32.0 Å². The molecular weight excluding hydrogens is 405 g/mol. The number of aromatic nitrogens is 2. The van der Waals surface area contributed by atoms with E-state index < -0.39 is 0 Å². The first-order chi connectivity index (χ1) is 15.5. The Labute approximate surface area is 188 Å². The quantitative estimate of drug-likeness (QED) is 0.586. The molecule has 0 spiro atoms. The van der Waals surface area contributed by atoms with Gasteiger partial charge in [-0.15, -0.1) is 0 Å². The van der Waals surface area contributed by atoms with Crippen LogP contribution in [-0.4, -0.2) is 46.3 Å². The number of carbonyl (C=O) groups is 1. The van der Waals surface area contributed by atoms with Crippen molar-refractivity contribution >= 4 is 11.7 Å². The Hall–Kier alpha value is -3.32. The van der Waals surface area contributed by atoms with Gasteiger partial charge in [-0.3, -0.25) is 9.69 Å². The average molecular weight is 434 g/mol. The fourth-order valence-electron chi connectivity index (χ4n) is 4.05. The number of carbonyl (C=O) groups excluding carboxylic acids is 1. The van der Waals surface area contributed by atoms with Crippen LogP contribution in [0.3, 0.4) is 0 Å². The standard InChI is InChI=1S/C25H28FN5O/c1-27-23-13-22(20-12-25(32)31(16-20)15-18-6-4-3-5-7-18)28-24(29-23)17-30(2)14-19-8-10-21(26)11-9-19/h3-11,13,20H,12,14-17H2,1-2H3,(H,27,28,29). The fourth-order valence-corrected chi connectivity index (χ4v) is 4.05. The molecule has 1 unspecified atom stereocenters. The van der Waals surface area contributed by atoms with Crippen LogP contribution < -0.4 is 5.32 Å². The molecule has 0 bridgehead atoms. The first-order valence-corrected chi connectivity index (χ1v) is 10.8. The molecule has 0 aliphatic carbocycles. The summed E-state index contributed by atoms with van der Waals surface area (Å²) in [5, 5.41) is 3.11. The molecule has 1 N–H and O–H groups in total. The minimum atomic E-state index is -0.237. The Bertz CT molecular complexity index is 1060. The number of likely N-dealkylation sites (tertiary alicyclic amines) is 1. The fraction of sp³-hybridized carbons (Fsp3) is 0.320. The summed E-state index contributed by atoms with van der Waals surface area (Å²) >= 11 is 0. The Morgan fingerprint density at radius 2 is 1.81 bits per heavy atom. The molecule has 7 heteroatoms. The van der Waals surface area contributed by atoms with E-state index in [0.29, 0.717) is 38.4 Å². The highest BCUT2D eigenvalue weighted by Crippen LogP contribution is 2.29. The van der Waals surface area contributed by atoms with Crippen LogP contribution in [0, 0.1) is 5.82 Å². The number of benzene rings is 2. The summed E-state index contributed by atoms with van der Waals surface area (Å²) in [5.74, 6) is 1.40. The topological polar surface area (TPSA) is 61.4 Å². The second-order valence-electron chi connectivity index (χ2n) is 8.30. The predicted octanol–water partition coefficient (Wildman–Crippen LogP) is 3.81. The highest BCUT2D eigenvalue weighted by Gasteiger charge is 2.32. The minimum absolute atomic E-state index is 0.0440. The van der Waals surface area contributed by atoms with Crippen LogP contribution in [0.25, 0.3) is 0 Å². The third kappa shape index (κ3) is 5.48. The number of hydrogen-bond acceptors (Lipinski definition) is 5. The van der Waals surface area contributed by atoms with Crippen molar-refractivity contribution in [3.8, 4) is 0 Å². The van der Waals surface area contributed by atoms with E-state index in [0.717, 1.165) is 22.6 Å². The van der Waals surface area contributed by atoms with E-state index in [1.807, 2.05) is 55.4 Å². The summed E-state index contributed by atoms with van der Waals surface area (Å²) < 4.78 is 13.2. The largest absolute Gasteiger partial charge is 0.373 e. The predicted molar refractivity (Wildman–Crippen MR) is 122 cm³/mol. The van der Waals surface area contributed by atoms with Crippen molar-refractivity contribution < 1.29 is 9.18 Å². The van der Waals surface area contributed by atoms with E-state index in [2.05, 4.69) is 15.2 Å². The van der Waals surface area contributed by atoms with Gasteiger partial charge in [-0.2, -0.15) is 0 Å². The Balaban J connectivity index is 1.45. The normalized spacial score (nSPS) is 16.1. The van der Waals surface area contributed by atoms with Crippen LogP contribution in [0.4, 0.5) is 10.2 Å². The molecule has 1 aliphatic rings. The Morgan fingerprint density at radius 1 is 1.06 bits per heavy atom. The highest BCUT2D eigenvalue weighted by molar-refractivity contribution is 5.79. The van der Waals surface area contributed by atoms with E-state index in [-0.39, 0.29) is 17.6 Å². The zero-order valence-electron chi connectivity index (χ0n) is 18.5. The summed E-state index contributed by atoms with van der Waals surface area (Å²) in [4.78, 5) is 26.0. The van der Waals surface area contributed by atoms with Crippen molar-refractivity contribution in [1.29, 1.82) is 0 Å². The van der Waals surface area contributed by atoms with Crippen molar-refractivity contribution in [1.82, 2.24) is 19.8 Å². The van der Waals surface area contributed by atoms with E-state index in [4.69, 9.17) is 4.98 Å². The smallest absolute Gasteiger partial charge is 0.223 e. The van der Waals surface area contributed by atoms with Crippen molar-refractivity contribution in [3.63, 3.8) is 0 Å². The van der Waals surface area contributed by atoms with Crippen molar-refractivity contribution in [2.75, 3.05) is 26.0 Å². The van der Waals surface area contributed by atoms with Gasteiger partial charge in [-0.1, -0.05) is 42.5 Å². The van der Waals surface area contributed by atoms with E-state index in [9.17, 15) is 9.18 Å². The number of anilines is 1. The second kappa shape index (κ2) is 9.87. The highest BCUT2D eigenvalue weighted by atomic mass is 19.1. The van der Waals surface area contributed by atoms with Gasteiger partial charge in [-0.25, -0.2) is 14.4 Å². The Morgan fingerprint density at radius 3 is 2.53 bits per heavy atom. The van der Waals surface area contributed by atoms with Crippen LogP contribution in [0.15, 0.2) is 60.7 Å². The molecule has 1 amide bonds. The SMILES string of the molecule is CNc1cc(C2CC(=O)N(Cc3ccccc3)C2)nc(CN(C)Cc2ccc(F)cc2)n1. The van der Waals surface area contributed by atoms with Crippen LogP contribution in [0.2, 0.25) is 0 Å². The van der Waals surface area contributed by atoms with Gasteiger partial charge in [0.05, 0.1) is 12.2 Å². The van der Waals surface area contributed by atoms with E-state index in [1.165, 1.54) is 12.1 Å². The van der Waals surface area contributed by atoms with Gasteiger partial charge in [0.2, 0.25) is 5.91 Å². The maximum Gasteiger partial charge on any atom is 0.223 e. The Kier molecular flexibility index (Phi) is 6.75. The molecule has 0 radical (unpaired) electrons. The monoisotopic (exact) mass is 433 g/mol. The average Bonchev–Trinajstić information content (AvgIpc) is 3.16. The first-order valence-electron chi connectivity index (χ1n) is 10.8. The number of amides is 1. The molecule has 1 fully saturated rings. The number of nitrogens with one attached hydrogen (secondary N) is 1. The summed E-state index contributed by atoms with van der Waals surface area (Å²) in [5.41, 5.74) is 3.04. The van der Waals surface area contributed by atoms with Gasteiger partial charge in [0.15, 0.2) is 0 Å². The third-order valence-electron chi connectivity index (χ3n) is 5.67. The molecular formula is C25H28FN5O. The van der Waals surface area contributed by atoms with Crippen LogP contribution in [-0.2, 0) is 24.4 Å². The minimum Gasteiger partial charge on any atom is -0.373 e. The zero-order valence-corrected chi connectivity index (χ0v) is 18.5. The maximum atomic E-state index is 13.2. The zero-order chi connectivity index (χ0) is 22.5. The van der Waals surface area contributed by atoms with Gasteiger partial charge >= 0.3 is 0 Å². The molecule has 0 saturated carbocycles. The number of nitrogens with zero attached hydrogens (tertiary/aromatic N) is 4. The number of hydrogen-bond donors (Lipinski definition) is 1. The lowest BCUT2D eigenvalue weighted by atomic mass is 10.0. The van der Waals surface area contributed by atoms with Gasteiger partial charge in [0.1, 0.15) is 17.5 Å². The molecule has 3 aromatic rings. The molecule has 4 rings (SSSR count). The summed E-state index contributed by atoms with van der Waals surface area (Å²) in [6, 6.07) is 18.5. The van der Waals surface area contributed by atoms with Gasteiger partial charge in [0.25, 0.3) is 0 Å². The number of halogens is 1. The molecule has 1 saturated heterocycles. The number of rotatable bonds is 8. The molecule has 166 valence electrons. The maximum absolute atomic E-state index is 13.2. The van der Waals surface area contributed by atoms with Crippen LogP contribution in [0.1, 0.15) is 35.0 Å². The van der Waals surface area contributed by atoms with Crippen molar-refractivity contribution in [3.05, 3.63) is 89.1 Å². The van der Waals surface area contributed by atoms with E-state index in [1.54, 1.807) is 12.1 Å². The molecule has 2 heterocycles. The van der Waals surface area contributed by atoms with Crippen LogP contribution in [0.5, 0.6) is 0 Å². The van der Waals surface area contributed by atoms with Gasteiger partial charge in [-0.05, 0) is 30.3 Å². The lowest BCUT2D eigenvalue weighted by molar-refractivity contribution is -0.128. The molecule has 1 aromatic heterocycles. The summed E-state index contributed by atoms with van der Waals surface area (Å²) in [7, 11) is 3.82. The summed E-state index contributed by atoms with van der Waals surface area (Å²) in [6.07, 6.45) is 0.456. The second-order valence-corrected chi connectivity index (χ2v) is 8.30. The first kappa shape index (κ1) is 21.9. The molecule has 1 aliphatic heterocycles. The molecule has 32 heavy (non-hydrogen) atoms. The lowest BCUT2D eigenvalue weighted by Gasteiger charge is -2.19. The molecule has 2 aromatic carbocycles. The van der Waals surface area contributed by atoms with Gasteiger partial charge in [0, 0.05) is 45.1 Å². The van der Waals surface area contributed by atoms with Gasteiger partial charge < -0.3 is 10.2 Å². The summed E-state index contributed by atoms with van der Waals surface area (Å²) in [6.45, 7) is 2.48. The lowest BCUT2D eigenvalue weighted by Crippen LogP contribution is -2.24. The molecule has 6 nitrogen and oxygen atoms in total.